The van der Waals surface area contributed by atoms with E-state index < -0.39 is 0 Å². The highest BCUT2D eigenvalue weighted by atomic mass is 19.1. The van der Waals surface area contributed by atoms with Crippen molar-refractivity contribution >= 4 is 5.91 Å². The molecule has 1 amide bonds. The molecule has 2 heterocycles. The van der Waals surface area contributed by atoms with Gasteiger partial charge in [0.25, 0.3) is 5.91 Å². The van der Waals surface area contributed by atoms with Gasteiger partial charge in [0, 0.05) is 32.0 Å². The molecule has 0 unspecified atom stereocenters. The Labute approximate surface area is 134 Å². The van der Waals surface area contributed by atoms with E-state index in [0.29, 0.717) is 11.7 Å². The van der Waals surface area contributed by atoms with E-state index in [9.17, 15) is 9.18 Å². The van der Waals surface area contributed by atoms with Gasteiger partial charge in [-0.15, -0.1) is 0 Å². The fourth-order valence-electron chi connectivity index (χ4n) is 2.81. The molecule has 122 valence electrons. The summed E-state index contributed by atoms with van der Waals surface area (Å²) in [6.45, 7) is 2.39. The highest BCUT2D eigenvalue weighted by Crippen LogP contribution is 2.19. The highest BCUT2D eigenvalue weighted by Gasteiger charge is 2.23. The van der Waals surface area contributed by atoms with Crippen molar-refractivity contribution in [2.24, 2.45) is 5.92 Å². The fraction of sp³-hybridized carbons (Fsp3) is 0.412. The van der Waals surface area contributed by atoms with Gasteiger partial charge < -0.3 is 9.64 Å². The summed E-state index contributed by atoms with van der Waals surface area (Å²) in [7, 11) is 0. The Hall–Kier alpha value is -2.37. The number of amides is 1. The average molecular weight is 317 g/mol. The van der Waals surface area contributed by atoms with Gasteiger partial charge in [0.2, 0.25) is 0 Å². The molecule has 6 heteroatoms. The number of ether oxygens (including phenoxy) is 1. The van der Waals surface area contributed by atoms with E-state index in [1.807, 2.05) is 21.8 Å². The molecule has 2 aromatic rings. The quantitative estimate of drug-likeness (QED) is 0.850. The standard InChI is InChI=1S/C17H20FN3O2/c18-15-2-4-16(5-3-15)23-13-17(22)20-10-6-14(7-11-20)12-21-9-1-8-19-21/h1-5,8-9,14H,6-7,10-13H2. The third-order valence-electron chi connectivity index (χ3n) is 4.15. The molecule has 1 fully saturated rings. The fourth-order valence-corrected chi connectivity index (χ4v) is 2.81. The minimum Gasteiger partial charge on any atom is -0.484 e. The van der Waals surface area contributed by atoms with Crippen LogP contribution in [0.4, 0.5) is 4.39 Å². The molecule has 0 atom stereocenters. The molecule has 0 aliphatic carbocycles. The van der Waals surface area contributed by atoms with Crippen LogP contribution in [0.3, 0.4) is 0 Å². The van der Waals surface area contributed by atoms with E-state index in [1.165, 1.54) is 24.3 Å². The van der Waals surface area contributed by atoms with Crippen LogP contribution >= 0.6 is 0 Å². The molecule has 23 heavy (non-hydrogen) atoms. The van der Waals surface area contributed by atoms with Gasteiger partial charge in [-0.1, -0.05) is 0 Å². The maximum Gasteiger partial charge on any atom is 0.260 e. The first-order chi connectivity index (χ1) is 11.2. The molecule has 0 radical (unpaired) electrons. The van der Waals surface area contributed by atoms with Crippen molar-refractivity contribution in [3.8, 4) is 5.75 Å². The number of benzene rings is 1. The predicted molar refractivity (Wildman–Crippen MR) is 83.4 cm³/mol. The van der Waals surface area contributed by atoms with Crippen molar-refractivity contribution in [2.45, 2.75) is 19.4 Å². The minimum atomic E-state index is -0.317. The number of hydrogen-bond acceptors (Lipinski definition) is 3. The lowest BCUT2D eigenvalue weighted by Gasteiger charge is -2.31. The van der Waals surface area contributed by atoms with Gasteiger partial charge in [-0.05, 0) is 49.1 Å². The Morgan fingerprint density at radius 2 is 2.00 bits per heavy atom. The van der Waals surface area contributed by atoms with Crippen molar-refractivity contribution in [1.82, 2.24) is 14.7 Å². The second kappa shape index (κ2) is 7.26. The van der Waals surface area contributed by atoms with Crippen molar-refractivity contribution in [1.29, 1.82) is 0 Å². The van der Waals surface area contributed by atoms with E-state index in [0.717, 1.165) is 32.5 Å². The van der Waals surface area contributed by atoms with E-state index in [1.54, 1.807) is 6.20 Å². The third-order valence-corrected chi connectivity index (χ3v) is 4.15. The lowest BCUT2D eigenvalue weighted by Crippen LogP contribution is -2.41. The van der Waals surface area contributed by atoms with Crippen LogP contribution in [0.2, 0.25) is 0 Å². The molecule has 0 spiro atoms. The SMILES string of the molecule is O=C(COc1ccc(F)cc1)N1CCC(Cn2cccn2)CC1. The van der Waals surface area contributed by atoms with E-state index in [-0.39, 0.29) is 18.3 Å². The van der Waals surface area contributed by atoms with Gasteiger partial charge >= 0.3 is 0 Å². The first-order valence-corrected chi connectivity index (χ1v) is 7.84. The topological polar surface area (TPSA) is 47.4 Å². The number of carbonyl (C=O) groups excluding carboxylic acids is 1. The Morgan fingerprint density at radius 3 is 2.65 bits per heavy atom. The summed E-state index contributed by atoms with van der Waals surface area (Å²) in [6.07, 6.45) is 5.70. The van der Waals surface area contributed by atoms with Crippen LogP contribution in [0.15, 0.2) is 42.7 Å². The normalized spacial score (nSPS) is 15.6. The van der Waals surface area contributed by atoms with Crippen molar-refractivity contribution < 1.29 is 13.9 Å². The summed E-state index contributed by atoms with van der Waals surface area (Å²) < 4.78 is 20.2. The number of rotatable bonds is 5. The second-order valence-electron chi connectivity index (χ2n) is 5.79. The van der Waals surface area contributed by atoms with Crippen LogP contribution in [-0.4, -0.2) is 40.3 Å². The van der Waals surface area contributed by atoms with Crippen LogP contribution in [-0.2, 0) is 11.3 Å². The maximum absolute atomic E-state index is 12.8. The van der Waals surface area contributed by atoms with Crippen LogP contribution in [0.5, 0.6) is 5.75 Å². The molecule has 0 bridgehead atoms. The van der Waals surface area contributed by atoms with E-state index in [2.05, 4.69) is 5.10 Å². The van der Waals surface area contributed by atoms with Crippen molar-refractivity contribution in [2.75, 3.05) is 19.7 Å². The number of halogens is 1. The molecular weight excluding hydrogens is 297 g/mol. The van der Waals surface area contributed by atoms with Crippen LogP contribution in [0.25, 0.3) is 0 Å². The second-order valence-corrected chi connectivity index (χ2v) is 5.79. The van der Waals surface area contributed by atoms with Gasteiger partial charge in [0.15, 0.2) is 6.61 Å². The van der Waals surface area contributed by atoms with Crippen LogP contribution in [0.1, 0.15) is 12.8 Å². The smallest absolute Gasteiger partial charge is 0.260 e. The Kier molecular flexibility index (Phi) is 4.90. The zero-order valence-electron chi connectivity index (χ0n) is 12.9. The molecule has 1 aromatic heterocycles. The molecule has 1 aliphatic rings. The van der Waals surface area contributed by atoms with E-state index in [4.69, 9.17) is 4.74 Å². The molecule has 3 rings (SSSR count). The molecule has 5 nitrogen and oxygen atoms in total. The molecule has 1 saturated heterocycles. The number of likely N-dealkylation sites (tertiary alicyclic amines) is 1. The molecule has 1 aromatic carbocycles. The average Bonchev–Trinajstić information content (AvgIpc) is 3.08. The predicted octanol–water partition coefficient (Wildman–Crippen LogP) is 2.34. The zero-order chi connectivity index (χ0) is 16.1. The summed E-state index contributed by atoms with van der Waals surface area (Å²) in [6, 6.07) is 7.62. The summed E-state index contributed by atoms with van der Waals surface area (Å²) >= 11 is 0. The molecular formula is C17H20FN3O2. The summed E-state index contributed by atoms with van der Waals surface area (Å²) in [5, 5.41) is 4.22. The van der Waals surface area contributed by atoms with Crippen molar-refractivity contribution in [3.05, 3.63) is 48.5 Å². The van der Waals surface area contributed by atoms with Gasteiger partial charge in [-0.25, -0.2) is 4.39 Å². The van der Waals surface area contributed by atoms with Crippen LogP contribution < -0.4 is 4.74 Å². The van der Waals surface area contributed by atoms with Gasteiger partial charge in [-0.3, -0.25) is 9.48 Å². The van der Waals surface area contributed by atoms with E-state index >= 15 is 0 Å². The molecule has 0 saturated carbocycles. The Bertz CT molecular complexity index is 620. The zero-order valence-corrected chi connectivity index (χ0v) is 12.9. The van der Waals surface area contributed by atoms with Crippen LogP contribution in [0, 0.1) is 11.7 Å². The van der Waals surface area contributed by atoms with Crippen molar-refractivity contribution in [3.63, 3.8) is 0 Å². The summed E-state index contributed by atoms with van der Waals surface area (Å²) in [4.78, 5) is 14.0. The lowest BCUT2D eigenvalue weighted by atomic mass is 9.97. The molecule has 0 N–H and O–H groups in total. The number of nitrogens with zero attached hydrogens (tertiary/aromatic N) is 3. The first kappa shape index (κ1) is 15.5. The number of carbonyl (C=O) groups is 1. The maximum atomic E-state index is 12.8. The Balaban J connectivity index is 1.42. The van der Waals surface area contributed by atoms with Gasteiger partial charge in [0.1, 0.15) is 11.6 Å². The Morgan fingerprint density at radius 1 is 1.26 bits per heavy atom. The van der Waals surface area contributed by atoms with Gasteiger partial charge in [-0.2, -0.15) is 5.10 Å². The summed E-state index contributed by atoms with van der Waals surface area (Å²) in [5.74, 6) is 0.722. The monoisotopic (exact) mass is 317 g/mol. The summed E-state index contributed by atoms with van der Waals surface area (Å²) in [5.41, 5.74) is 0. The molecule has 1 aliphatic heterocycles. The number of hydrogen-bond donors (Lipinski definition) is 0. The largest absolute Gasteiger partial charge is 0.484 e. The number of piperidine rings is 1. The first-order valence-electron chi connectivity index (χ1n) is 7.84. The van der Waals surface area contributed by atoms with Gasteiger partial charge in [0.05, 0.1) is 0 Å². The third kappa shape index (κ3) is 4.31. The minimum absolute atomic E-state index is 0.00451. The lowest BCUT2D eigenvalue weighted by molar-refractivity contribution is -0.134. The highest BCUT2D eigenvalue weighted by molar-refractivity contribution is 5.77. The number of aromatic nitrogens is 2.